The average molecular weight is 321 g/mol. The van der Waals surface area contributed by atoms with Gasteiger partial charge in [-0.1, -0.05) is 18.2 Å². The van der Waals surface area contributed by atoms with Gasteiger partial charge in [-0.3, -0.25) is 0 Å². The van der Waals surface area contributed by atoms with E-state index in [4.69, 9.17) is 0 Å². The molecule has 0 fully saturated rings. The summed E-state index contributed by atoms with van der Waals surface area (Å²) in [6.45, 7) is 0. The molecule has 0 aliphatic heterocycles. The average Bonchev–Trinajstić information content (AvgIpc) is 2.54. The number of nitrogens with one attached hydrogen (secondary N) is 1. The van der Waals surface area contributed by atoms with Crippen molar-refractivity contribution in [2.24, 2.45) is 0 Å². The summed E-state index contributed by atoms with van der Waals surface area (Å²) in [5.74, 6) is 0. The number of hydrogen-bond acceptors (Lipinski definition) is 6. The normalized spacial score (nSPS) is 11.7. The summed E-state index contributed by atoms with van der Waals surface area (Å²) in [4.78, 5) is 1.11. The Morgan fingerprint density at radius 1 is 0.895 bits per heavy atom. The van der Waals surface area contributed by atoms with Gasteiger partial charge in [-0.05, 0) is 6.07 Å². The van der Waals surface area contributed by atoms with Crippen molar-refractivity contribution >= 4 is 31.1 Å². The molecule has 1 heterocycles. The van der Waals surface area contributed by atoms with Gasteiger partial charge in [0.1, 0.15) is 25.3 Å². The third kappa shape index (κ3) is 4.03. The molecule has 2 rings (SSSR count). The molecule has 19 heavy (non-hydrogen) atoms. The summed E-state index contributed by atoms with van der Waals surface area (Å²) >= 11 is 0. The maximum absolute atomic E-state index is 11.0. The van der Waals surface area contributed by atoms with Gasteiger partial charge < -0.3 is 14.1 Å². The smallest absolute Gasteiger partial charge is 0.744 e. The predicted molar refractivity (Wildman–Crippen MR) is 54.2 cm³/mol. The SMILES string of the molecule is O=S(=O)([O-])c1[nH]c2ccccc2c1S(=O)(=O)[O-].[Na+].[Na+]. The van der Waals surface area contributed by atoms with E-state index in [1.165, 1.54) is 24.3 Å². The van der Waals surface area contributed by atoms with Gasteiger partial charge in [0.05, 0.1) is 4.90 Å². The Balaban J connectivity index is 0.00000162. The molecular formula is C8H5NNa2O6S2. The Labute approximate surface area is 153 Å². The summed E-state index contributed by atoms with van der Waals surface area (Å²) in [5.41, 5.74) is 0.0938. The molecule has 0 atom stereocenters. The number of fused-ring (bicyclic) bond motifs is 1. The fraction of sp³-hybridized carbons (Fsp3) is 0. The van der Waals surface area contributed by atoms with E-state index in [2.05, 4.69) is 4.98 Å². The van der Waals surface area contributed by atoms with E-state index in [9.17, 15) is 25.9 Å². The van der Waals surface area contributed by atoms with Gasteiger partial charge in [0.2, 0.25) is 0 Å². The van der Waals surface area contributed by atoms with Crippen molar-refractivity contribution in [2.75, 3.05) is 0 Å². The van der Waals surface area contributed by atoms with Crippen LogP contribution in [0.5, 0.6) is 0 Å². The minimum Gasteiger partial charge on any atom is -0.744 e. The standard InChI is InChI=1S/C8H7NO6S2.2Na/c10-16(11,12)7-5-3-1-2-4-6(5)9-8(7)17(13,14)15;;/h1-4,9H,(H,10,11,12)(H,13,14,15);;/q;2*+1/p-2. The van der Waals surface area contributed by atoms with Crippen molar-refractivity contribution in [3.8, 4) is 0 Å². The number of para-hydroxylation sites is 1. The summed E-state index contributed by atoms with van der Waals surface area (Å²) in [6.07, 6.45) is 0. The molecule has 1 aromatic carbocycles. The van der Waals surface area contributed by atoms with E-state index >= 15 is 0 Å². The molecular weight excluding hydrogens is 316 g/mol. The van der Waals surface area contributed by atoms with Crippen LogP contribution in [0.1, 0.15) is 0 Å². The molecule has 7 nitrogen and oxygen atoms in total. The van der Waals surface area contributed by atoms with Gasteiger partial charge >= 0.3 is 59.1 Å². The van der Waals surface area contributed by atoms with Gasteiger partial charge in [-0.15, -0.1) is 0 Å². The van der Waals surface area contributed by atoms with Crippen LogP contribution in [0.2, 0.25) is 0 Å². The molecule has 0 aliphatic rings. The second-order valence-electron chi connectivity index (χ2n) is 3.24. The Bertz CT molecular complexity index is 796. The first-order valence-electron chi connectivity index (χ1n) is 4.24. The van der Waals surface area contributed by atoms with Crippen molar-refractivity contribution in [3.05, 3.63) is 24.3 Å². The minimum atomic E-state index is -5.06. The molecule has 92 valence electrons. The fourth-order valence-electron chi connectivity index (χ4n) is 1.52. The second kappa shape index (κ2) is 6.56. The van der Waals surface area contributed by atoms with Crippen molar-refractivity contribution in [2.45, 2.75) is 9.92 Å². The van der Waals surface area contributed by atoms with Gasteiger partial charge in [0, 0.05) is 10.9 Å². The Morgan fingerprint density at radius 3 is 1.89 bits per heavy atom. The van der Waals surface area contributed by atoms with Crippen molar-refractivity contribution in [1.82, 2.24) is 4.98 Å². The van der Waals surface area contributed by atoms with E-state index in [0.29, 0.717) is 0 Å². The number of aromatic amines is 1. The largest absolute Gasteiger partial charge is 1.00 e. The number of benzene rings is 1. The first-order chi connectivity index (χ1) is 7.71. The summed E-state index contributed by atoms with van der Waals surface area (Å²) in [5, 5.41) is -1.23. The summed E-state index contributed by atoms with van der Waals surface area (Å²) in [6, 6.07) is 5.53. The van der Waals surface area contributed by atoms with Crippen LogP contribution < -0.4 is 59.1 Å². The van der Waals surface area contributed by atoms with Gasteiger partial charge in [-0.2, -0.15) is 0 Å². The molecule has 0 bridgehead atoms. The Kier molecular flexibility index (Phi) is 6.76. The number of rotatable bonds is 2. The Morgan fingerprint density at radius 2 is 1.42 bits per heavy atom. The number of aromatic nitrogens is 1. The molecule has 1 N–H and O–H groups in total. The van der Waals surface area contributed by atoms with Crippen LogP contribution in [0.3, 0.4) is 0 Å². The van der Waals surface area contributed by atoms with Crippen LogP contribution in [0, 0.1) is 0 Å². The zero-order valence-corrected chi connectivity index (χ0v) is 15.7. The van der Waals surface area contributed by atoms with Crippen molar-refractivity contribution in [3.63, 3.8) is 0 Å². The van der Waals surface area contributed by atoms with Crippen molar-refractivity contribution in [1.29, 1.82) is 0 Å². The monoisotopic (exact) mass is 321 g/mol. The van der Waals surface area contributed by atoms with Crippen LogP contribution in [0.15, 0.2) is 34.2 Å². The molecule has 0 saturated carbocycles. The summed E-state index contributed by atoms with van der Waals surface area (Å²) < 4.78 is 65.6. The van der Waals surface area contributed by atoms with E-state index in [-0.39, 0.29) is 70.0 Å². The van der Waals surface area contributed by atoms with E-state index < -0.39 is 30.2 Å². The van der Waals surface area contributed by atoms with E-state index in [1.807, 2.05) is 0 Å². The third-order valence-corrected chi connectivity index (χ3v) is 3.99. The van der Waals surface area contributed by atoms with Crippen LogP contribution >= 0.6 is 0 Å². The number of H-pyrrole nitrogens is 1. The maximum Gasteiger partial charge on any atom is 1.00 e. The Hall–Kier alpha value is 0.580. The summed E-state index contributed by atoms with van der Waals surface area (Å²) in [7, 11) is -10.1. The molecule has 0 amide bonds. The predicted octanol–water partition coefficient (Wildman–Crippen LogP) is -6.02. The van der Waals surface area contributed by atoms with E-state index in [0.717, 1.165) is 0 Å². The molecule has 0 unspecified atom stereocenters. The molecule has 2 aromatic rings. The molecule has 0 aliphatic carbocycles. The quantitative estimate of drug-likeness (QED) is 0.433. The second-order valence-corrected chi connectivity index (χ2v) is 5.87. The molecule has 1 aromatic heterocycles. The van der Waals surface area contributed by atoms with Crippen LogP contribution in [0.25, 0.3) is 10.9 Å². The molecule has 0 saturated heterocycles. The van der Waals surface area contributed by atoms with Crippen molar-refractivity contribution < 1.29 is 85.1 Å². The maximum atomic E-state index is 11.0. The first-order valence-corrected chi connectivity index (χ1v) is 7.05. The number of hydrogen-bond donors (Lipinski definition) is 1. The first kappa shape index (κ1) is 19.6. The zero-order chi connectivity index (χ0) is 12.8. The fourth-order valence-corrected chi connectivity index (χ4v) is 3.43. The molecule has 0 spiro atoms. The molecule has 0 radical (unpaired) electrons. The minimum absolute atomic E-state index is 0. The van der Waals surface area contributed by atoms with Crippen LogP contribution in [-0.2, 0) is 20.2 Å². The van der Waals surface area contributed by atoms with Crippen LogP contribution in [0.4, 0.5) is 0 Å². The third-order valence-electron chi connectivity index (χ3n) is 2.13. The van der Waals surface area contributed by atoms with Gasteiger partial charge in [0.15, 0.2) is 0 Å². The zero-order valence-electron chi connectivity index (χ0n) is 10.1. The van der Waals surface area contributed by atoms with Gasteiger partial charge in [0.25, 0.3) is 0 Å². The van der Waals surface area contributed by atoms with Crippen LogP contribution in [-0.4, -0.2) is 30.9 Å². The van der Waals surface area contributed by atoms with E-state index in [1.54, 1.807) is 0 Å². The topological polar surface area (TPSA) is 130 Å². The van der Waals surface area contributed by atoms with Gasteiger partial charge in [-0.25, -0.2) is 16.8 Å². The molecule has 11 heteroatoms.